The second-order valence-electron chi connectivity index (χ2n) is 4.44. The van der Waals surface area contributed by atoms with Crippen LogP contribution in [0.2, 0.25) is 0 Å². The number of esters is 1. The number of anilines is 1. The van der Waals surface area contributed by atoms with Crippen LogP contribution < -0.4 is 5.32 Å². The van der Waals surface area contributed by atoms with Crippen molar-refractivity contribution in [1.82, 2.24) is 0 Å². The standard InChI is InChI=1S/C17H14INO3/c1-22-17(21)13-5-2-12(3-6-13)4-11-16(20)19-15-9-7-14(18)8-10-15/h2-11H,1H3,(H,19,20)/b11-4+. The van der Waals surface area contributed by atoms with Crippen molar-refractivity contribution >= 4 is 46.2 Å². The fourth-order valence-corrected chi connectivity index (χ4v) is 2.10. The maximum absolute atomic E-state index is 11.8. The normalized spacial score (nSPS) is 10.5. The van der Waals surface area contributed by atoms with Crippen molar-refractivity contribution in [2.24, 2.45) is 0 Å². The van der Waals surface area contributed by atoms with Gasteiger partial charge in [-0.15, -0.1) is 0 Å². The van der Waals surface area contributed by atoms with Crippen LogP contribution in [-0.4, -0.2) is 19.0 Å². The van der Waals surface area contributed by atoms with Crippen molar-refractivity contribution in [2.45, 2.75) is 0 Å². The molecule has 0 unspecified atom stereocenters. The summed E-state index contributed by atoms with van der Waals surface area (Å²) in [5.41, 5.74) is 2.05. The van der Waals surface area contributed by atoms with Crippen LogP contribution in [0.15, 0.2) is 54.6 Å². The van der Waals surface area contributed by atoms with Gasteiger partial charge in [0, 0.05) is 15.3 Å². The van der Waals surface area contributed by atoms with E-state index in [2.05, 4.69) is 32.6 Å². The zero-order chi connectivity index (χ0) is 15.9. The highest BCUT2D eigenvalue weighted by molar-refractivity contribution is 14.1. The van der Waals surface area contributed by atoms with Crippen LogP contribution in [0.4, 0.5) is 5.69 Å². The first-order valence-corrected chi connectivity index (χ1v) is 7.59. The minimum atomic E-state index is -0.382. The first-order valence-electron chi connectivity index (χ1n) is 6.51. The number of hydrogen-bond acceptors (Lipinski definition) is 3. The van der Waals surface area contributed by atoms with Crippen LogP contribution >= 0.6 is 22.6 Å². The number of benzene rings is 2. The third-order valence-corrected chi connectivity index (χ3v) is 3.59. The number of amides is 1. The van der Waals surface area contributed by atoms with Crippen LogP contribution in [-0.2, 0) is 9.53 Å². The number of carbonyl (C=O) groups excluding carboxylic acids is 2. The second-order valence-corrected chi connectivity index (χ2v) is 5.69. The molecule has 0 aromatic heterocycles. The van der Waals surface area contributed by atoms with Crippen LogP contribution in [0.3, 0.4) is 0 Å². The maximum Gasteiger partial charge on any atom is 0.337 e. The SMILES string of the molecule is COC(=O)c1ccc(/C=C/C(=O)Nc2ccc(I)cc2)cc1. The average Bonchev–Trinajstić information content (AvgIpc) is 2.55. The van der Waals surface area contributed by atoms with Crippen molar-refractivity contribution in [2.75, 3.05) is 12.4 Å². The fourth-order valence-electron chi connectivity index (χ4n) is 1.74. The lowest BCUT2D eigenvalue weighted by Crippen LogP contribution is -2.07. The highest BCUT2D eigenvalue weighted by atomic mass is 127. The number of halogens is 1. The maximum atomic E-state index is 11.8. The number of methoxy groups -OCH3 is 1. The molecule has 0 spiro atoms. The van der Waals surface area contributed by atoms with E-state index in [1.165, 1.54) is 13.2 Å². The van der Waals surface area contributed by atoms with Gasteiger partial charge >= 0.3 is 5.97 Å². The Morgan fingerprint density at radius 2 is 1.68 bits per heavy atom. The van der Waals surface area contributed by atoms with Gasteiger partial charge in [0.2, 0.25) is 5.91 Å². The van der Waals surface area contributed by atoms with Gasteiger partial charge in [-0.05, 0) is 70.6 Å². The average molecular weight is 407 g/mol. The Kier molecular flexibility index (Phi) is 5.71. The summed E-state index contributed by atoms with van der Waals surface area (Å²) in [5, 5.41) is 2.77. The molecule has 1 N–H and O–H groups in total. The van der Waals surface area contributed by atoms with Gasteiger partial charge < -0.3 is 10.1 Å². The Balaban J connectivity index is 1.97. The lowest BCUT2D eigenvalue weighted by molar-refractivity contribution is -0.111. The predicted octanol–water partition coefficient (Wildman–Crippen LogP) is 3.73. The fraction of sp³-hybridized carbons (Fsp3) is 0.0588. The third-order valence-electron chi connectivity index (χ3n) is 2.87. The summed E-state index contributed by atoms with van der Waals surface area (Å²) < 4.78 is 5.74. The zero-order valence-electron chi connectivity index (χ0n) is 11.9. The van der Waals surface area contributed by atoms with Gasteiger partial charge in [-0.25, -0.2) is 4.79 Å². The van der Waals surface area contributed by atoms with E-state index in [0.29, 0.717) is 5.56 Å². The summed E-state index contributed by atoms with van der Waals surface area (Å²) in [6, 6.07) is 14.3. The van der Waals surface area contributed by atoms with E-state index in [1.807, 2.05) is 24.3 Å². The van der Waals surface area contributed by atoms with Crippen LogP contribution in [0.1, 0.15) is 15.9 Å². The van der Waals surface area contributed by atoms with E-state index >= 15 is 0 Å². The first kappa shape index (κ1) is 16.2. The number of hydrogen-bond donors (Lipinski definition) is 1. The van der Waals surface area contributed by atoms with Crippen molar-refractivity contribution in [3.05, 3.63) is 69.3 Å². The number of nitrogens with one attached hydrogen (secondary N) is 1. The zero-order valence-corrected chi connectivity index (χ0v) is 14.0. The van der Waals surface area contributed by atoms with Gasteiger partial charge in [-0.2, -0.15) is 0 Å². The quantitative estimate of drug-likeness (QED) is 0.478. The summed E-state index contributed by atoms with van der Waals surface area (Å²) in [6.07, 6.45) is 3.13. The molecule has 2 rings (SSSR count). The lowest BCUT2D eigenvalue weighted by Gasteiger charge is -2.02. The van der Waals surface area contributed by atoms with Crippen molar-refractivity contribution in [1.29, 1.82) is 0 Å². The molecule has 0 radical (unpaired) electrons. The van der Waals surface area contributed by atoms with E-state index in [9.17, 15) is 9.59 Å². The Bertz CT molecular complexity index is 691. The minimum Gasteiger partial charge on any atom is -0.465 e. The molecule has 5 heteroatoms. The molecule has 2 aromatic carbocycles. The van der Waals surface area contributed by atoms with Gasteiger partial charge in [-0.1, -0.05) is 12.1 Å². The highest BCUT2D eigenvalue weighted by Crippen LogP contribution is 2.11. The smallest absolute Gasteiger partial charge is 0.337 e. The molecule has 4 nitrogen and oxygen atoms in total. The topological polar surface area (TPSA) is 55.4 Å². The van der Waals surface area contributed by atoms with Crippen LogP contribution in [0.25, 0.3) is 6.08 Å². The van der Waals surface area contributed by atoms with Crippen molar-refractivity contribution in [3.8, 4) is 0 Å². The molecular weight excluding hydrogens is 393 g/mol. The van der Waals surface area contributed by atoms with Gasteiger partial charge in [0.25, 0.3) is 0 Å². The molecule has 112 valence electrons. The predicted molar refractivity (Wildman–Crippen MR) is 94.6 cm³/mol. The second kappa shape index (κ2) is 7.74. The molecule has 2 aromatic rings. The molecule has 22 heavy (non-hydrogen) atoms. The molecule has 0 heterocycles. The number of ether oxygens (including phenoxy) is 1. The monoisotopic (exact) mass is 407 g/mol. The molecule has 0 fully saturated rings. The van der Waals surface area contributed by atoms with Gasteiger partial charge in [0.15, 0.2) is 0 Å². The van der Waals surface area contributed by atoms with E-state index in [0.717, 1.165) is 14.8 Å². The molecule has 0 aliphatic heterocycles. The molecule has 0 atom stereocenters. The number of rotatable bonds is 4. The largest absolute Gasteiger partial charge is 0.465 e. The highest BCUT2D eigenvalue weighted by Gasteiger charge is 2.03. The molecular formula is C17H14INO3. The van der Waals surface area contributed by atoms with E-state index in [-0.39, 0.29) is 11.9 Å². The molecule has 0 aliphatic rings. The van der Waals surface area contributed by atoms with Crippen LogP contribution in [0.5, 0.6) is 0 Å². The van der Waals surface area contributed by atoms with Gasteiger partial charge in [-0.3, -0.25) is 4.79 Å². The van der Waals surface area contributed by atoms with Crippen LogP contribution in [0, 0.1) is 3.57 Å². The summed E-state index contributed by atoms with van der Waals surface area (Å²) in [4.78, 5) is 23.1. The summed E-state index contributed by atoms with van der Waals surface area (Å²) in [6.45, 7) is 0. The Morgan fingerprint density at radius 1 is 1.05 bits per heavy atom. The van der Waals surface area contributed by atoms with Crippen molar-refractivity contribution in [3.63, 3.8) is 0 Å². The van der Waals surface area contributed by atoms with E-state index < -0.39 is 0 Å². The molecule has 0 bridgehead atoms. The Hall–Kier alpha value is -2.15. The summed E-state index contributed by atoms with van der Waals surface area (Å²) >= 11 is 2.20. The van der Waals surface area contributed by atoms with E-state index in [4.69, 9.17) is 0 Å². The number of carbonyl (C=O) groups is 2. The molecule has 0 aliphatic carbocycles. The van der Waals surface area contributed by atoms with Gasteiger partial charge in [0.05, 0.1) is 12.7 Å². The minimum absolute atomic E-state index is 0.210. The Morgan fingerprint density at radius 3 is 2.27 bits per heavy atom. The third kappa shape index (κ3) is 4.70. The van der Waals surface area contributed by atoms with Crippen molar-refractivity contribution < 1.29 is 14.3 Å². The summed E-state index contributed by atoms with van der Waals surface area (Å²) in [5.74, 6) is -0.592. The molecule has 0 saturated heterocycles. The lowest BCUT2D eigenvalue weighted by atomic mass is 10.1. The van der Waals surface area contributed by atoms with Gasteiger partial charge in [0.1, 0.15) is 0 Å². The molecule has 0 saturated carbocycles. The first-order chi connectivity index (χ1) is 10.6. The summed E-state index contributed by atoms with van der Waals surface area (Å²) in [7, 11) is 1.34. The van der Waals surface area contributed by atoms with E-state index in [1.54, 1.807) is 30.3 Å². The molecule has 1 amide bonds. The Labute approximate surface area is 142 Å².